The van der Waals surface area contributed by atoms with E-state index in [1.807, 2.05) is 19.1 Å². The first-order valence-electron chi connectivity index (χ1n) is 5.51. The van der Waals surface area contributed by atoms with E-state index >= 15 is 0 Å². The van der Waals surface area contributed by atoms with E-state index in [0.29, 0.717) is 12.8 Å². The molecule has 0 aromatic rings. The maximum absolute atomic E-state index is 11.8. The van der Waals surface area contributed by atoms with E-state index < -0.39 is 10.3 Å². The highest BCUT2D eigenvalue weighted by atomic mass is 79.9. The molecule has 3 nitrogen and oxygen atoms in total. The summed E-state index contributed by atoms with van der Waals surface area (Å²) in [6.45, 7) is 5.57. The van der Waals surface area contributed by atoms with Crippen molar-refractivity contribution in [3.63, 3.8) is 0 Å². The maximum Gasteiger partial charge on any atom is 0.330 e. The summed E-state index contributed by atoms with van der Waals surface area (Å²) in [6.07, 6.45) is 5.91. The molecule has 92 valence electrons. The third kappa shape index (κ3) is 4.92. The highest BCUT2D eigenvalue weighted by molar-refractivity contribution is 9.10. The number of carbonyl (C=O) groups is 2. The molecule has 16 heavy (non-hydrogen) atoms. The Hall–Kier alpha value is -0.640. The molecule has 0 aromatic heterocycles. The van der Waals surface area contributed by atoms with Gasteiger partial charge in [0.05, 0.1) is 6.61 Å². The summed E-state index contributed by atoms with van der Waals surface area (Å²) in [5.41, 5.74) is 0. The van der Waals surface area contributed by atoms with Gasteiger partial charge in [-0.1, -0.05) is 35.0 Å². The van der Waals surface area contributed by atoms with Crippen molar-refractivity contribution < 1.29 is 14.3 Å². The van der Waals surface area contributed by atoms with Gasteiger partial charge in [0, 0.05) is 6.42 Å². The van der Waals surface area contributed by atoms with Gasteiger partial charge in [-0.25, -0.2) is 0 Å². The zero-order chi connectivity index (χ0) is 12.6. The molecular weight excluding hydrogens is 272 g/mol. The highest BCUT2D eigenvalue weighted by Gasteiger charge is 2.38. The average Bonchev–Trinajstić information content (AvgIpc) is 2.24. The van der Waals surface area contributed by atoms with Gasteiger partial charge in [0.2, 0.25) is 0 Å². The molecule has 4 heteroatoms. The number of hydrogen-bond acceptors (Lipinski definition) is 3. The first-order valence-corrected chi connectivity index (χ1v) is 6.30. The van der Waals surface area contributed by atoms with Crippen molar-refractivity contribution in [3.05, 3.63) is 12.2 Å². The Balaban J connectivity index is 4.24. The van der Waals surface area contributed by atoms with E-state index in [9.17, 15) is 9.59 Å². The summed E-state index contributed by atoms with van der Waals surface area (Å²) in [5, 5.41) is 0. The van der Waals surface area contributed by atoms with Crippen LogP contribution in [0.15, 0.2) is 12.2 Å². The summed E-state index contributed by atoms with van der Waals surface area (Å²) >= 11 is 3.13. The standard InChI is InChI=1S/C12H19BrO3/c1-4-6-7-8-9-10(14)12(3,13)11(15)16-5-2/h6-7H,4-5,8-9H2,1-3H3/b7-6-. The maximum atomic E-state index is 11.8. The van der Waals surface area contributed by atoms with E-state index in [4.69, 9.17) is 4.74 Å². The van der Waals surface area contributed by atoms with Crippen LogP contribution in [0.25, 0.3) is 0 Å². The first-order chi connectivity index (χ1) is 7.46. The summed E-state index contributed by atoms with van der Waals surface area (Å²) in [5.74, 6) is -0.661. The van der Waals surface area contributed by atoms with Crippen LogP contribution < -0.4 is 0 Å². The molecule has 0 amide bonds. The molecule has 0 heterocycles. The minimum atomic E-state index is -1.21. The third-order valence-corrected chi connectivity index (χ3v) is 2.89. The van der Waals surface area contributed by atoms with Gasteiger partial charge in [-0.3, -0.25) is 9.59 Å². The van der Waals surface area contributed by atoms with Crippen molar-refractivity contribution in [1.29, 1.82) is 0 Å². The molecule has 0 N–H and O–H groups in total. The van der Waals surface area contributed by atoms with Gasteiger partial charge < -0.3 is 4.74 Å². The van der Waals surface area contributed by atoms with E-state index in [1.165, 1.54) is 6.92 Å². The quantitative estimate of drug-likeness (QED) is 0.313. The Morgan fingerprint density at radius 2 is 1.94 bits per heavy atom. The number of rotatable bonds is 7. The van der Waals surface area contributed by atoms with Crippen molar-refractivity contribution in [3.8, 4) is 0 Å². The van der Waals surface area contributed by atoms with Crippen LogP contribution in [0.3, 0.4) is 0 Å². The Bertz CT molecular complexity index is 269. The van der Waals surface area contributed by atoms with Gasteiger partial charge in [-0.05, 0) is 26.7 Å². The van der Waals surface area contributed by atoms with Crippen LogP contribution in [0.2, 0.25) is 0 Å². The fourth-order valence-corrected chi connectivity index (χ4v) is 1.43. The summed E-state index contributed by atoms with van der Waals surface area (Å²) in [6, 6.07) is 0. The van der Waals surface area contributed by atoms with Crippen LogP contribution in [0.1, 0.15) is 40.0 Å². The molecule has 0 aliphatic carbocycles. The number of carbonyl (C=O) groups excluding carboxylic acids is 2. The molecule has 0 fully saturated rings. The van der Waals surface area contributed by atoms with Crippen LogP contribution in [0, 0.1) is 0 Å². The number of ether oxygens (including phenoxy) is 1. The Morgan fingerprint density at radius 3 is 2.44 bits per heavy atom. The van der Waals surface area contributed by atoms with E-state index in [-0.39, 0.29) is 12.4 Å². The van der Waals surface area contributed by atoms with Crippen LogP contribution in [0.5, 0.6) is 0 Å². The molecule has 0 spiro atoms. The molecule has 1 atom stereocenters. The summed E-state index contributed by atoms with van der Waals surface area (Å²) in [4.78, 5) is 23.2. The average molecular weight is 291 g/mol. The van der Waals surface area contributed by atoms with Crippen molar-refractivity contribution in [2.75, 3.05) is 6.61 Å². The highest BCUT2D eigenvalue weighted by Crippen LogP contribution is 2.23. The smallest absolute Gasteiger partial charge is 0.330 e. The van der Waals surface area contributed by atoms with Crippen molar-refractivity contribution in [2.45, 2.75) is 44.4 Å². The number of alkyl halides is 1. The number of halogens is 1. The number of ketones is 1. The Morgan fingerprint density at radius 1 is 1.31 bits per heavy atom. The molecule has 0 rings (SSSR count). The van der Waals surface area contributed by atoms with E-state index in [1.54, 1.807) is 6.92 Å². The molecule has 0 aliphatic rings. The van der Waals surface area contributed by atoms with Crippen molar-refractivity contribution in [1.82, 2.24) is 0 Å². The monoisotopic (exact) mass is 290 g/mol. The van der Waals surface area contributed by atoms with E-state index in [0.717, 1.165) is 6.42 Å². The molecule has 1 unspecified atom stereocenters. The largest absolute Gasteiger partial charge is 0.465 e. The van der Waals surface area contributed by atoms with Gasteiger partial charge in [-0.15, -0.1) is 0 Å². The predicted molar refractivity (Wildman–Crippen MR) is 67.6 cm³/mol. The van der Waals surface area contributed by atoms with Gasteiger partial charge >= 0.3 is 5.97 Å². The van der Waals surface area contributed by atoms with Crippen molar-refractivity contribution >= 4 is 27.7 Å². The SMILES string of the molecule is CC/C=C\CCC(=O)C(C)(Br)C(=O)OCC. The number of hydrogen-bond donors (Lipinski definition) is 0. The Kier molecular flexibility index (Phi) is 7.30. The number of esters is 1. The first kappa shape index (κ1) is 15.4. The lowest BCUT2D eigenvalue weighted by Crippen LogP contribution is -2.38. The normalized spacial score (nSPS) is 14.8. The molecule has 0 aliphatic heterocycles. The zero-order valence-corrected chi connectivity index (χ0v) is 11.7. The van der Waals surface area contributed by atoms with Crippen LogP contribution in [-0.2, 0) is 14.3 Å². The second-order valence-electron chi connectivity index (χ2n) is 3.56. The molecule has 0 bridgehead atoms. The molecular formula is C12H19BrO3. The zero-order valence-electron chi connectivity index (χ0n) is 10.1. The lowest BCUT2D eigenvalue weighted by molar-refractivity contribution is -0.148. The third-order valence-electron chi connectivity index (χ3n) is 2.12. The minimum absolute atomic E-state index is 0.147. The van der Waals surface area contributed by atoms with Crippen molar-refractivity contribution in [2.24, 2.45) is 0 Å². The second-order valence-corrected chi connectivity index (χ2v) is 5.15. The Labute approximate surface area is 105 Å². The number of allylic oxidation sites excluding steroid dienone is 2. The van der Waals surface area contributed by atoms with E-state index in [2.05, 4.69) is 15.9 Å². The molecule has 0 saturated carbocycles. The molecule has 0 radical (unpaired) electrons. The fourth-order valence-electron chi connectivity index (χ4n) is 1.11. The van der Waals surface area contributed by atoms with Crippen LogP contribution in [0.4, 0.5) is 0 Å². The van der Waals surface area contributed by atoms with Crippen LogP contribution in [-0.4, -0.2) is 22.7 Å². The topological polar surface area (TPSA) is 43.4 Å². The number of Topliss-reactive ketones (excluding diaryl/α,β-unsaturated/α-hetero) is 1. The minimum Gasteiger partial charge on any atom is -0.465 e. The molecule has 0 aromatic carbocycles. The lowest BCUT2D eigenvalue weighted by Gasteiger charge is -2.18. The van der Waals surface area contributed by atoms with Crippen LogP contribution >= 0.6 is 15.9 Å². The van der Waals surface area contributed by atoms with Gasteiger partial charge in [0.15, 0.2) is 10.1 Å². The van der Waals surface area contributed by atoms with Gasteiger partial charge in [-0.2, -0.15) is 0 Å². The van der Waals surface area contributed by atoms with Gasteiger partial charge in [0.1, 0.15) is 0 Å². The molecule has 0 saturated heterocycles. The summed E-state index contributed by atoms with van der Waals surface area (Å²) < 4.78 is 3.63. The summed E-state index contributed by atoms with van der Waals surface area (Å²) in [7, 11) is 0. The predicted octanol–water partition coefficient (Wildman–Crippen LogP) is 3.02. The second kappa shape index (κ2) is 7.60. The fraction of sp³-hybridized carbons (Fsp3) is 0.667. The van der Waals surface area contributed by atoms with Gasteiger partial charge in [0.25, 0.3) is 0 Å². The lowest BCUT2D eigenvalue weighted by atomic mass is 10.0.